The molecule has 1 rings (SSSR count). The molecule has 0 aromatic rings. The van der Waals surface area contributed by atoms with Gasteiger partial charge in [0.1, 0.15) is 12.5 Å². The molecule has 1 atom stereocenters. The Bertz CT molecular complexity index is 177. The van der Waals surface area contributed by atoms with E-state index in [4.69, 9.17) is 0 Å². The van der Waals surface area contributed by atoms with Gasteiger partial charge in [0.25, 0.3) is 0 Å². The summed E-state index contributed by atoms with van der Waals surface area (Å²) >= 11 is 0. The van der Waals surface area contributed by atoms with Crippen molar-refractivity contribution in [1.82, 2.24) is 9.91 Å². The van der Waals surface area contributed by atoms with Gasteiger partial charge in [-0.15, -0.1) is 0 Å². The summed E-state index contributed by atoms with van der Waals surface area (Å²) in [5.41, 5.74) is 0. The van der Waals surface area contributed by atoms with Gasteiger partial charge in [-0.2, -0.15) is 5.10 Å². The Balaban J connectivity index is 2.60. The van der Waals surface area contributed by atoms with Crippen LogP contribution in [-0.2, 0) is 0 Å². The summed E-state index contributed by atoms with van der Waals surface area (Å²) in [7, 11) is 0. The van der Waals surface area contributed by atoms with Gasteiger partial charge in [0.2, 0.25) is 0 Å². The van der Waals surface area contributed by atoms with Gasteiger partial charge in [0.15, 0.2) is 0 Å². The molecule has 76 valence electrons. The minimum absolute atomic E-state index is 0.495. The average molecular weight is 183 g/mol. The van der Waals surface area contributed by atoms with E-state index in [2.05, 4.69) is 42.7 Å². The van der Waals surface area contributed by atoms with Crippen molar-refractivity contribution in [1.29, 1.82) is 0 Å². The van der Waals surface area contributed by atoms with Crippen molar-refractivity contribution in [2.75, 3.05) is 6.54 Å². The molecule has 0 fully saturated rings. The van der Waals surface area contributed by atoms with Crippen LogP contribution in [0.25, 0.3) is 0 Å². The molecular formula is C10H21N3. The third-order valence-corrected chi connectivity index (χ3v) is 2.49. The largest absolute Gasteiger partial charge is 0.337 e. The van der Waals surface area contributed by atoms with Gasteiger partial charge in [-0.3, -0.25) is 5.01 Å². The lowest BCUT2D eigenvalue weighted by Gasteiger charge is -2.32. The maximum absolute atomic E-state index is 4.39. The second-order valence-electron chi connectivity index (χ2n) is 3.80. The van der Waals surface area contributed by atoms with Crippen LogP contribution >= 0.6 is 0 Å². The molecule has 3 nitrogen and oxygen atoms in total. The highest BCUT2D eigenvalue weighted by Gasteiger charge is 2.27. The highest BCUT2D eigenvalue weighted by atomic mass is 15.6. The summed E-state index contributed by atoms with van der Waals surface area (Å²) in [6.45, 7) is 9.82. The van der Waals surface area contributed by atoms with Gasteiger partial charge < -0.3 is 4.90 Å². The maximum Gasteiger partial charge on any atom is 0.119 e. The Kier molecular flexibility index (Phi) is 3.58. The van der Waals surface area contributed by atoms with Crippen molar-refractivity contribution < 1.29 is 0 Å². The summed E-state index contributed by atoms with van der Waals surface area (Å²) in [6.07, 6.45) is 4.89. The summed E-state index contributed by atoms with van der Waals surface area (Å²) in [5, 5.41) is 6.56. The highest BCUT2D eigenvalue weighted by molar-refractivity contribution is 5.57. The van der Waals surface area contributed by atoms with E-state index in [1.165, 1.54) is 12.8 Å². The topological polar surface area (TPSA) is 18.8 Å². The van der Waals surface area contributed by atoms with Gasteiger partial charge in [-0.1, -0.05) is 13.3 Å². The van der Waals surface area contributed by atoms with E-state index >= 15 is 0 Å². The Morgan fingerprint density at radius 1 is 1.38 bits per heavy atom. The van der Waals surface area contributed by atoms with Crippen molar-refractivity contribution in [3.05, 3.63) is 0 Å². The zero-order valence-corrected chi connectivity index (χ0v) is 9.20. The second kappa shape index (κ2) is 4.49. The first kappa shape index (κ1) is 10.4. The summed E-state index contributed by atoms with van der Waals surface area (Å²) < 4.78 is 0. The fourth-order valence-corrected chi connectivity index (χ4v) is 1.76. The molecule has 0 N–H and O–H groups in total. The number of nitrogens with zero attached hydrogens (tertiary/aromatic N) is 3. The van der Waals surface area contributed by atoms with E-state index in [1.54, 1.807) is 0 Å². The van der Waals surface area contributed by atoms with Gasteiger partial charge in [0, 0.05) is 12.6 Å². The fraction of sp³-hybridized carbons (Fsp3) is 0.900. The summed E-state index contributed by atoms with van der Waals surface area (Å²) in [6, 6.07) is 0.553. The van der Waals surface area contributed by atoms with Crippen LogP contribution in [0.1, 0.15) is 40.5 Å². The van der Waals surface area contributed by atoms with Crippen LogP contribution in [0.4, 0.5) is 0 Å². The maximum atomic E-state index is 4.39. The van der Waals surface area contributed by atoms with E-state index < -0.39 is 0 Å². The molecule has 0 spiro atoms. The molecular weight excluding hydrogens is 162 g/mol. The minimum Gasteiger partial charge on any atom is -0.337 e. The Hall–Kier alpha value is -0.730. The van der Waals surface area contributed by atoms with Crippen molar-refractivity contribution in [3.63, 3.8) is 0 Å². The molecule has 0 aliphatic carbocycles. The number of rotatable bonds is 4. The van der Waals surface area contributed by atoms with E-state index in [0.717, 1.165) is 6.54 Å². The first-order chi connectivity index (χ1) is 6.20. The van der Waals surface area contributed by atoms with Gasteiger partial charge in [-0.25, -0.2) is 0 Å². The second-order valence-corrected chi connectivity index (χ2v) is 3.80. The molecule has 1 aliphatic heterocycles. The quantitative estimate of drug-likeness (QED) is 0.664. The Morgan fingerprint density at radius 2 is 2.08 bits per heavy atom. The van der Waals surface area contributed by atoms with Gasteiger partial charge >= 0.3 is 0 Å². The van der Waals surface area contributed by atoms with Crippen LogP contribution in [0.5, 0.6) is 0 Å². The Labute approximate surface area is 81.4 Å². The van der Waals surface area contributed by atoms with Crippen LogP contribution in [0.3, 0.4) is 0 Å². The monoisotopic (exact) mass is 183 g/mol. The number of hydrogen-bond acceptors (Lipinski definition) is 3. The molecule has 0 aromatic carbocycles. The lowest BCUT2D eigenvalue weighted by Crippen LogP contribution is -2.42. The van der Waals surface area contributed by atoms with Crippen LogP contribution in [0.2, 0.25) is 0 Å². The Morgan fingerprint density at radius 3 is 2.54 bits per heavy atom. The number of hydrazone groups is 1. The fourth-order valence-electron chi connectivity index (χ4n) is 1.76. The van der Waals surface area contributed by atoms with Crippen molar-refractivity contribution >= 4 is 6.34 Å². The van der Waals surface area contributed by atoms with Crippen molar-refractivity contribution in [3.8, 4) is 0 Å². The summed E-state index contributed by atoms with van der Waals surface area (Å²) in [4.78, 5) is 2.34. The molecule has 0 radical (unpaired) electrons. The SMILES string of the molecule is CCCC1N(CC)N=CN1C(C)C. The minimum atomic E-state index is 0.495. The zero-order valence-electron chi connectivity index (χ0n) is 9.20. The van der Waals surface area contributed by atoms with Gasteiger partial charge in [-0.05, 0) is 27.2 Å². The van der Waals surface area contributed by atoms with Crippen LogP contribution in [-0.4, -0.2) is 35.0 Å². The first-order valence-electron chi connectivity index (χ1n) is 5.28. The molecule has 0 saturated carbocycles. The third kappa shape index (κ3) is 2.14. The molecule has 0 bridgehead atoms. The van der Waals surface area contributed by atoms with E-state index in [9.17, 15) is 0 Å². The van der Waals surface area contributed by atoms with E-state index in [1.807, 2.05) is 6.34 Å². The van der Waals surface area contributed by atoms with E-state index in [0.29, 0.717) is 12.2 Å². The van der Waals surface area contributed by atoms with Crippen LogP contribution < -0.4 is 0 Å². The molecule has 0 aromatic heterocycles. The number of hydrogen-bond donors (Lipinski definition) is 0. The molecule has 1 heterocycles. The lowest BCUT2D eigenvalue weighted by molar-refractivity contribution is 0.109. The first-order valence-corrected chi connectivity index (χ1v) is 5.28. The highest BCUT2D eigenvalue weighted by Crippen LogP contribution is 2.18. The average Bonchev–Trinajstić information content (AvgIpc) is 2.48. The standard InChI is InChI=1S/C10H21N3/c1-5-7-10-12(9(3)4)8-11-13(10)6-2/h8-10H,5-7H2,1-4H3. The molecule has 13 heavy (non-hydrogen) atoms. The molecule has 0 amide bonds. The smallest absolute Gasteiger partial charge is 0.119 e. The van der Waals surface area contributed by atoms with E-state index in [-0.39, 0.29) is 0 Å². The van der Waals surface area contributed by atoms with Crippen molar-refractivity contribution in [2.45, 2.75) is 52.7 Å². The zero-order chi connectivity index (χ0) is 9.84. The summed E-state index contributed by atoms with van der Waals surface area (Å²) in [5.74, 6) is 0. The third-order valence-electron chi connectivity index (χ3n) is 2.49. The lowest BCUT2D eigenvalue weighted by atomic mass is 10.2. The predicted octanol–water partition coefficient (Wildman–Crippen LogP) is 2.10. The van der Waals surface area contributed by atoms with Crippen LogP contribution in [0, 0.1) is 0 Å². The van der Waals surface area contributed by atoms with Crippen molar-refractivity contribution in [2.24, 2.45) is 5.10 Å². The molecule has 3 heteroatoms. The molecule has 1 unspecified atom stereocenters. The molecule has 0 saturated heterocycles. The normalized spacial score (nSPS) is 22.1. The van der Waals surface area contributed by atoms with Gasteiger partial charge in [0.05, 0.1) is 0 Å². The molecule has 1 aliphatic rings. The predicted molar refractivity (Wildman–Crippen MR) is 56.5 cm³/mol. The van der Waals surface area contributed by atoms with Crippen LogP contribution in [0.15, 0.2) is 5.10 Å².